The van der Waals surface area contributed by atoms with E-state index in [2.05, 4.69) is 9.88 Å². The van der Waals surface area contributed by atoms with Gasteiger partial charge in [-0.25, -0.2) is 4.98 Å². The summed E-state index contributed by atoms with van der Waals surface area (Å²) in [5.74, 6) is 2.97. The third-order valence-electron chi connectivity index (χ3n) is 5.11. The van der Waals surface area contributed by atoms with Crippen LogP contribution in [0.4, 0.5) is 0 Å². The van der Waals surface area contributed by atoms with E-state index >= 15 is 0 Å². The molecule has 1 atom stereocenters. The van der Waals surface area contributed by atoms with Crippen molar-refractivity contribution in [1.82, 2.24) is 9.88 Å². The highest BCUT2D eigenvalue weighted by atomic mass is 16.5. The van der Waals surface area contributed by atoms with Gasteiger partial charge in [-0.1, -0.05) is 18.2 Å². The van der Waals surface area contributed by atoms with Crippen LogP contribution in [0.25, 0.3) is 11.5 Å². The Morgan fingerprint density at radius 2 is 1.89 bits per heavy atom. The highest BCUT2D eigenvalue weighted by Crippen LogP contribution is 2.24. The van der Waals surface area contributed by atoms with Crippen molar-refractivity contribution in [2.45, 2.75) is 19.4 Å². The number of ether oxygens (including phenoxy) is 2. The summed E-state index contributed by atoms with van der Waals surface area (Å²) in [6.45, 7) is 3.68. The van der Waals surface area contributed by atoms with Gasteiger partial charge >= 0.3 is 0 Å². The minimum Gasteiger partial charge on any atom is -0.497 e. The van der Waals surface area contributed by atoms with Gasteiger partial charge in [-0.3, -0.25) is 4.90 Å². The van der Waals surface area contributed by atoms with Gasteiger partial charge in [0.05, 0.1) is 19.4 Å². The van der Waals surface area contributed by atoms with Gasteiger partial charge in [-0.05, 0) is 55.8 Å². The van der Waals surface area contributed by atoms with Crippen molar-refractivity contribution < 1.29 is 13.9 Å². The van der Waals surface area contributed by atoms with Gasteiger partial charge in [0.25, 0.3) is 0 Å². The molecule has 28 heavy (non-hydrogen) atoms. The average Bonchev–Trinajstić information content (AvgIpc) is 3.22. The molecule has 4 rings (SSSR count). The molecule has 0 radical (unpaired) electrons. The number of hydrogen-bond acceptors (Lipinski definition) is 5. The summed E-state index contributed by atoms with van der Waals surface area (Å²) in [6, 6.07) is 17.8. The molecular formula is C23H26N2O3. The first kappa shape index (κ1) is 18.6. The second-order valence-electron chi connectivity index (χ2n) is 7.24. The van der Waals surface area contributed by atoms with E-state index in [9.17, 15) is 0 Å². The van der Waals surface area contributed by atoms with Crippen molar-refractivity contribution in [3.8, 4) is 23.0 Å². The molecule has 1 aromatic heterocycles. The van der Waals surface area contributed by atoms with Crippen LogP contribution < -0.4 is 9.47 Å². The maximum atomic E-state index is 5.95. The minimum atomic E-state index is 0.543. The smallest absolute Gasteiger partial charge is 0.226 e. The second-order valence-corrected chi connectivity index (χ2v) is 7.24. The zero-order valence-electron chi connectivity index (χ0n) is 16.2. The van der Waals surface area contributed by atoms with E-state index in [-0.39, 0.29) is 0 Å². The summed E-state index contributed by atoms with van der Waals surface area (Å²) in [7, 11) is 1.66. The molecule has 0 aliphatic carbocycles. The van der Waals surface area contributed by atoms with Crippen LogP contribution >= 0.6 is 0 Å². The number of piperidine rings is 1. The summed E-state index contributed by atoms with van der Waals surface area (Å²) in [5.41, 5.74) is 1.93. The lowest BCUT2D eigenvalue weighted by molar-refractivity contribution is 0.124. The molecule has 1 saturated heterocycles. The number of rotatable bonds is 7. The van der Waals surface area contributed by atoms with E-state index in [1.165, 1.54) is 12.8 Å². The SMILES string of the molecule is COc1ccc(-c2nc(CN3CCCC(COc4ccccc4)C3)co2)cc1. The van der Waals surface area contributed by atoms with Crippen molar-refractivity contribution in [2.24, 2.45) is 5.92 Å². The Balaban J connectivity index is 1.32. The maximum absolute atomic E-state index is 5.95. The summed E-state index contributed by atoms with van der Waals surface area (Å²) in [5, 5.41) is 0. The summed E-state index contributed by atoms with van der Waals surface area (Å²) < 4.78 is 16.8. The molecule has 0 saturated carbocycles. The Kier molecular flexibility index (Phi) is 5.92. The molecule has 5 heteroatoms. The quantitative estimate of drug-likeness (QED) is 0.599. The van der Waals surface area contributed by atoms with Gasteiger partial charge in [0, 0.05) is 24.6 Å². The number of methoxy groups -OCH3 is 1. The molecule has 0 N–H and O–H groups in total. The van der Waals surface area contributed by atoms with Crippen LogP contribution in [0.3, 0.4) is 0 Å². The van der Waals surface area contributed by atoms with Gasteiger partial charge in [-0.2, -0.15) is 0 Å². The fraction of sp³-hybridized carbons (Fsp3) is 0.348. The second kappa shape index (κ2) is 8.93. The predicted octanol–water partition coefficient (Wildman–Crippen LogP) is 4.64. The van der Waals surface area contributed by atoms with Gasteiger partial charge in [0.2, 0.25) is 5.89 Å². The molecule has 2 heterocycles. The van der Waals surface area contributed by atoms with Crippen LogP contribution in [0, 0.1) is 5.92 Å². The molecule has 0 spiro atoms. The number of hydrogen-bond donors (Lipinski definition) is 0. The topological polar surface area (TPSA) is 47.7 Å². The molecule has 3 aromatic rings. The molecule has 0 bridgehead atoms. The third-order valence-corrected chi connectivity index (χ3v) is 5.11. The van der Waals surface area contributed by atoms with Crippen LogP contribution in [-0.2, 0) is 6.54 Å². The van der Waals surface area contributed by atoms with E-state index in [1.807, 2.05) is 54.6 Å². The number of likely N-dealkylation sites (tertiary alicyclic amines) is 1. The Morgan fingerprint density at radius 1 is 1.07 bits per heavy atom. The first-order valence-electron chi connectivity index (χ1n) is 9.79. The van der Waals surface area contributed by atoms with Crippen molar-refractivity contribution >= 4 is 0 Å². The van der Waals surface area contributed by atoms with E-state index < -0.39 is 0 Å². The van der Waals surface area contributed by atoms with Gasteiger partial charge < -0.3 is 13.9 Å². The first-order valence-corrected chi connectivity index (χ1v) is 9.79. The van der Waals surface area contributed by atoms with Gasteiger partial charge in [0.1, 0.15) is 17.8 Å². The predicted molar refractivity (Wildman–Crippen MR) is 108 cm³/mol. The third kappa shape index (κ3) is 4.73. The number of nitrogens with zero attached hydrogens (tertiary/aromatic N) is 2. The van der Waals surface area contributed by atoms with Crippen molar-refractivity contribution in [1.29, 1.82) is 0 Å². The fourth-order valence-corrected chi connectivity index (χ4v) is 3.64. The van der Waals surface area contributed by atoms with Gasteiger partial charge in [-0.15, -0.1) is 0 Å². The molecule has 1 unspecified atom stereocenters. The molecule has 1 aliphatic rings. The molecule has 5 nitrogen and oxygen atoms in total. The van der Waals surface area contributed by atoms with Crippen molar-refractivity contribution in [3.05, 3.63) is 66.6 Å². The Bertz CT molecular complexity index is 861. The standard InChI is InChI=1S/C23H26N2O3/c1-26-21-11-9-19(10-12-21)23-24-20(17-28-23)15-25-13-5-6-18(14-25)16-27-22-7-3-2-4-8-22/h2-4,7-12,17-18H,5-6,13-16H2,1H3. The molecule has 0 amide bonds. The Hall–Kier alpha value is -2.79. The number of aromatic nitrogens is 1. The van der Waals surface area contributed by atoms with Crippen LogP contribution in [0.15, 0.2) is 65.3 Å². The van der Waals surface area contributed by atoms with Crippen LogP contribution in [0.1, 0.15) is 18.5 Å². The molecule has 1 fully saturated rings. The average molecular weight is 378 g/mol. The number of benzene rings is 2. The Labute approximate surface area is 165 Å². The number of para-hydroxylation sites is 1. The minimum absolute atomic E-state index is 0.543. The van der Waals surface area contributed by atoms with Crippen LogP contribution in [0.2, 0.25) is 0 Å². The zero-order valence-corrected chi connectivity index (χ0v) is 16.2. The molecular weight excluding hydrogens is 352 g/mol. The maximum Gasteiger partial charge on any atom is 0.226 e. The fourth-order valence-electron chi connectivity index (χ4n) is 3.64. The van der Waals surface area contributed by atoms with Crippen molar-refractivity contribution in [2.75, 3.05) is 26.8 Å². The lowest BCUT2D eigenvalue weighted by atomic mass is 9.99. The highest BCUT2D eigenvalue weighted by molar-refractivity contribution is 5.54. The normalized spacial score (nSPS) is 17.4. The molecule has 146 valence electrons. The lowest BCUT2D eigenvalue weighted by Gasteiger charge is -2.32. The summed E-state index contributed by atoms with van der Waals surface area (Å²) in [6.07, 6.45) is 4.16. The first-order chi connectivity index (χ1) is 13.8. The van der Waals surface area contributed by atoms with E-state index in [0.29, 0.717) is 11.8 Å². The highest BCUT2D eigenvalue weighted by Gasteiger charge is 2.21. The molecule has 1 aliphatic heterocycles. The summed E-state index contributed by atoms with van der Waals surface area (Å²) in [4.78, 5) is 7.11. The monoisotopic (exact) mass is 378 g/mol. The number of oxazole rings is 1. The van der Waals surface area contributed by atoms with E-state index in [1.54, 1.807) is 13.4 Å². The van der Waals surface area contributed by atoms with Crippen LogP contribution in [-0.4, -0.2) is 36.7 Å². The zero-order chi connectivity index (χ0) is 19.2. The lowest BCUT2D eigenvalue weighted by Crippen LogP contribution is -2.37. The van der Waals surface area contributed by atoms with Gasteiger partial charge in [0.15, 0.2) is 0 Å². The summed E-state index contributed by atoms with van der Waals surface area (Å²) >= 11 is 0. The van der Waals surface area contributed by atoms with Crippen LogP contribution in [0.5, 0.6) is 11.5 Å². The largest absolute Gasteiger partial charge is 0.497 e. The van der Waals surface area contributed by atoms with E-state index in [0.717, 1.165) is 49.0 Å². The Morgan fingerprint density at radius 3 is 2.68 bits per heavy atom. The van der Waals surface area contributed by atoms with Crippen molar-refractivity contribution in [3.63, 3.8) is 0 Å². The van der Waals surface area contributed by atoms with E-state index in [4.69, 9.17) is 13.9 Å². The molecule has 2 aromatic carbocycles.